The topological polar surface area (TPSA) is 68.5 Å². The Morgan fingerprint density at radius 1 is 1.35 bits per heavy atom. The molecule has 0 fully saturated rings. The van der Waals surface area contributed by atoms with Crippen LogP contribution >= 0.6 is 0 Å². The van der Waals surface area contributed by atoms with Gasteiger partial charge in [-0.3, -0.25) is 0 Å². The lowest BCUT2D eigenvalue weighted by atomic mass is 10.2. The van der Waals surface area contributed by atoms with Crippen molar-refractivity contribution in [2.45, 2.75) is 13.8 Å². The summed E-state index contributed by atoms with van der Waals surface area (Å²) in [5.74, 6) is 0.647. The average Bonchev–Trinajstić information content (AvgIpc) is 2.47. The van der Waals surface area contributed by atoms with Crippen LogP contribution in [0.15, 0.2) is 29.8 Å². The first-order chi connectivity index (χ1) is 9.62. The molecule has 0 spiro atoms. The summed E-state index contributed by atoms with van der Waals surface area (Å²) in [6, 6.07) is 6.98. The fourth-order valence-electron chi connectivity index (χ4n) is 1.47. The zero-order valence-corrected chi connectivity index (χ0v) is 11.8. The van der Waals surface area contributed by atoms with Crippen LogP contribution in [0.1, 0.15) is 19.4 Å². The van der Waals surface area contributed by atoms with Gasteiger partial charge in [-0.2, -0.15) is 5.26 Å². The van der Waals surface area contributed by atoms with Gasteiger partial charge >= 0.3 is 5.97 Å². The Hall–Kier alpha value is -2.48. The van der Waals surface area contributed by atoms with Gasteiger partial charge in [-0.25, -0.2) is 4.79 Å². The maximum absolute atomic E-state index is 11.2. The molecule has 106 valence electrons. The molecule has 0 radical (unpaired) electrons. The average molecular weight is 275 g/mol. The number of ether oxygens (including phenoxy) is 3. The molecule has 0 aromatic heterocycles. The van der Waals surface area contributed by atoms with Gasteiger partial charge in [0.1, 0.15) is 6.61 Å². The van der Waals surface area contributed by atoms with Crippen molar-refractivity contribution in [3.05, 3.63) is 35.4 Å². The van der Waals surface area contributed by atoms with E-state index >= 15 is 0 Å². The van der Waals surface area contributed by atoms with E-state index in [1.165, 1.54) is 7.11 Å². The fourth-order valence-corrected chi connectivity index (χ4v) is 1.47. The molecule has 0 saturated heterocycles. The molecule has 0 bridgehead atoms. The molecule has 0 heterocycles. The molecule has 1 aromatic carbocycles. The number of nitrogens with zero attached hydrogens (tertiary/aromatic N) is 1. The van der Waals surface area contributed by atoms with Crippen molar-refractivity contribution in [2.24, 2.45) is 0 Å². The van der Waals surface area contributed by atoms with Gasteiger partial charge in [0.25, 0.3) is 0 Å². The minimum absolute atomic E-state index is 0.215. The molecule has 0 saturated carbocycles. The van der Waals surface area contributed by atoms with Gasteiger partial charge in [0.15, 0.2) is 11.5 Å². The lowest BCUT2D eigenvalue weighted by Crippen LogP contribution is -2.05. The van der Waals surface area contributed by atoms with Crippen LogP contribution in [0.2, 0.25) is 0 Å². The molecule has 5 heteroatoms. The smallest absolute Gasteiger partial charge is 0.333 e. The first-order valence-electron chi connectivity index (χ1n) is 6.17. The van der Waals surface area contributed by atoms with Crippen molar-refractivity contribution >= 4 is 5.97 Å². The van der Waals surface area contributed by atoms with Crippen molar-refractivity contribution in [1.82, 2.24) is 0 Å². The van der Waals surface area contributed by atoms with E-state index in [4.69, 9.17) is 14.7 Å². The minimum Gasteiger partial charge on any atom is -0.490 e. The first-order valence-corrected chi connectivity index (χ1v) is 6.17. The molecule has 0 aliphatic carbocycles. The van der Waals surface area contributed by atoms with Gasteiger partial charge in [0, 0.05) is 11.6 Å². The van der Waals surface area contributed by atoms with Crippen molar-refractivity contribution in [3.63, 3.8) is 0 Å². The quantitative estimate of drug-likeness (QED) is 0.589. The molecule has 0 aliphatic rings. The van der Waals surface area contributed by atoms with Crippen LogP contribution in [0, 0.1) is 11.3 Å². The number of hydrogen-bond donors (Lipinski definition) is 0. The number of carbonyl (C=O) groups is 1. The number of hydrogen-bond acceptors (Lipinski definition) is 5. The van der Waals surface area contributed by atoms with Gasteiger partial charge in [-0.1, -0.05) is 0 Å². The molecule has 0 aliphatic heterocycles. The van der Waals surface area contributed by atoms with E-state index in [-0.39, 0.29) is 6.61 Å². The summed E-state index contributed by atoms with van der Waals surface area (Å²) in [6.07, 6.45) is 1.62. The third-order valence-electron chi connectivity index (χ3n) is 2.51. The van der Waals surface area contributed by atoms with E-state index in [2.05, 4.69) is 4.74 Å². The summed E-state index contributed by atoms with van der Waals surface area (Å²) in [5.41, 5.74) is 0.973. The Balaban J connectivity index is 2.77. The highest BCUT2D eigenvalue weighted by Gasteiger charge is 2.07. The molecule has 20 heavy (non-hydrogen) atoms. The summed E-state index contributed by atoms with van der Waals surface area (Å²) in [4.78, 5) is 11.2. The second kappa shape index (κ2) is 7.85. The lowest BCUT2D eigenvalue weighted by Gasteiger charge is -2.11. The second-order valence-electron chi connectivity index (χ2n) is 3.90. The second-order valence-corrected chi connectivity index (χ2v) is 3.90. The number of carbonyl (C=O) groups excluding carboxylic acids is 1. The van der Waals surface area contributed by atoms with Crippen molar-refractivity contribution in [2.75, 3.05) is 20.3 Å². The van der Waals surface area contributed by atoms with E-state index in [1.807, 2.05) is 13.0 Å². The summed E-state index contributed by atoms with van der Waals surface area (Å²) in [5, 5.41) is 8.85. The highest BCUT2D eigenvalue weighted by Crippen LogP contribution is 2.28. The lowest BCUT2D eigenvalue weighted by molar-refractivity contribution is -0.136. The number of esters is 1. The van der Waals surface area contributed by atoms with Crippen molar-refractivity contribution < 1.29 is 19.0 Å². The van der Waals surface area contributed by atoms with Crippen molar-refractivity contribution in [1.29, 1.82) is 5.26 Å². The number of benzene rings is 1. The minimum atomic E-state index is -0.390. The van der Waals surface area contributed by atoms with Crippen LogP contribution in [0.25, 0.3) is 0 Å². The SMILES string of the molecule is CCOc1cc(C#N)ccc1OCC=C(C)C(=O)OC. The standard InChI is InChI=1S/C15H17NO4/c1-4-19-14-9-12(10-16)5-6-13(14)20-8-7-11(2)15(17)18-3/h5-7,9H,4,8H2,1-3H3. The van der Waals surface area contributed by atoms with E-state index in [0.29, 0.717) is 29.2 Å². The maximum atomic E-state index is 11.2. The zero-order valence-electron chi connectivity index (χ0n) is 11.8. The summed E-state index contributed by atoms with van der Waals surface area (Å²) < 4.78 is 15.5. The third-order valence-corrected chi connectivity index (χ3v) is 2.51. The molecule has 1 rings (SSSR count). The molecule has 1 aromatic rings. The Kier molecular flexibility index (Phi) is 6.11. The Morgan fingerprint density at radius 2 is 2.10 bits per heavy atom. The fraction of sp³-hybridized carbons (Fsp3) is 0.333. The molecule has 0 N–H and O–H groups in total. The van der Waals surface area contributed by atoms with Crippen LogP contribution in [-0.4, -0.2) is 26.3 Å². The van der Waals surface area contributed by atoms with Gasteiger partial charge in [0.2, 0.25) is 0 Å². The molecule has 0 amide bonds. The Labute approximate surface area is 118 Å². The predicted molar refractivity (Wildman–Crippen MR) is 73.6 cm³/mol. The number of methoxy groups -OCH3 is 1. The van der Waals surface area contributed by atoms with Crippen LogP contribution in [-0.2, 0) is 9.53 Å². The normalized spacial score (nSPS) is 10.6. The van der Waals surface area contributed by atoms with Crippen LogP contribution in [0.4, 0.5) is 0 Å². The molecule has 0 atom stereocenters. The van der Waals surface area contributed by atoms with E-state index in [1.54, 1.807) is 31.2 Å². The summed E-state index contributed by atoms with van der Waals surface area (Å²) in [7, 11) is 1.33. The van der Waals surface area contributed by atoms with E-state index in [0.717, 1.165) is 0 Å². The molecular formula is C15H17NO4. The molecular weight excluding hydrogens is 258 g/mol. The molecule has 5 nitrogen and oxygen atoms in total. The summed E-state index contributed by atoms with van der Waals surface area (Å²) >= 11 is 0. The van der Waals surface area contributed by atoms with Gasteiger partial charge in [-0.15, -0.1) is 0 Å². The van der Waals surface area contributed by atoms with Crippen LogP contribution in [0.5, 0.6) is 11.5 Å². The van der Waals surface area contributed by atoms with Crippen molar-refractivity contribution in [3.8, 4) is 17.6 Å². The Morgan fingerprint density at radius 3 is 2.70 bits per heavy atom. The highest BCUT2D eigenvalue weighted by atomic mass is 16.5. The Bertz CT molecular complexity index is 543. The van der Waals surface area contributed by atoms with Gasteiger partial charge in [-0.05, 0) is 32.1 Å². The summed E-state index contributed by atoms with van der Waals surface area (Å²) in [6.45, 7) is 4.19. The van der Waals surface area contributed by atoms with E-state index in [9.17, 15) is 4.79 Å². The first kappa shape index (κ1) is 15.6. The number of nitriles is 1. The highest BCUT2D eigenvalue weighted by molar-refractivity contribution is 5.87. The monoisotopic (exact) mass is 275 g/mol. The van der Waals surface area contributed by atoms with Crippen LogP contribution in [0.3, 0.4) is 0 Å². The largest absolute Gasteiger partial charge is 0.490 e. The zero-order chi connectivity index (χ0) is 15.0. The predicted octanol–water partition coefficient (Wildman–Crippen LogP) is 2.46. The molecule has 0 unspecified atom stereocenters. The van der Waals surface area contributed by atoms with E-state index < -0.39 is 5.97 Å². The van der Waals surface area contributed by atoms with Crippen LogP contribution < -0.4 is 9.47 Å². The maximum Gasteiger partial charge on any atom is 0.333 e. The van der Waals surface area contributed by atoms with Gasteiger partial charge < -0.3 is 14.2 Å². The number of rotatable bonds is 6. The third kappa shape index (κ3) is 4.32. The van der Waals surface area contributed by atoms with Gasteiger partial charge in [0.05, 0.1) is 25.3 Å².